The molecule has 1 N–H and O–H groups in total. The summed E-state index contributed by atoms with van der Waals surface area (Å²) in [7, 11) is -2.00. The number of anilines is 2. The van der Waals surface area contributed by atoms with Crippen LogP contribution < -0.4 is 19.9 Å². The van der Waals surface area contributed by atoms with E-state index in [1.54, 1.807) is 6.20 Å². The molecule has 0 radical (unpaired) electrons. The average Bonchev–Trinajstić information content (AvgIpc) is 3.18. The third kappa shape index (κ3) is 3.08. The Balaban J connectivity index is 1.57. The van der Waals surface area contributed by atoms with Gasteiger partial charge in [-0.2, -0.15) is 17.6 Å². The van der Waals surface area contributed by atoms with Gasteiger partial charge in [0.1, 0.15) is 11.5 Å². The van der Waals surface area contributed by atoms with Crippen molar-refractivity contribution < 1.29 is 13.2 Å². The second-order valence-corrected chi connectivity index (χ2v) is 9.00. The monoisotopic (exact) mass is 414 g/mol. The maximum atomic E-state index is 13.3. The number of piperazine rings is 1. The van der Waals surface area contributed by atoms with Crippen molar-refractivity contribution >= 4 is 32.4 Å². The smallest absolute Gasteiger partial charge is 0.285 e. The molecule has 9 nitrogen and oxygen atoms in total. The van der Waals surface area contributed by atoms with E-state index in [2.05, 4.69) is 20.3 Å². The predicted octanol–water partition coefficient (Wildman–Crippen LogP) is 0.906. The van der Waals surface area contributed by atoms with Crippen LogP contribution in [0.4, 0.5) is 11.5 Å². The normalized spacial score (nSPS) is 17.3. The van der Waals surface area contributed by atoms with Crippen LogP contribution in [0.15, 0.2) is 41.6 Å². The second-order valence-electron chi connectivity index (χ2n) is 7.24. The molecule has 2 aliphatic rings. The average molecular weight is 414 g/mol. The van der Waals surface area contributed by atoms with E-state index in [-0.39, 0.29) is 4.90 Å². The van der Waals surface area contributed by atoms with Gasteiger partial charge in [-0.1, -0.05) is 0 Å². The van der Waals surface area contributed by atoms with Crippen molar-refractivity contribution in [2.45, 2.75) is 4.90 Å². The molecular weight excluding hydrogens is 392 g/mol. The number of pyridine rings is 1. The minimum absolute atomic E-state index is 0.0594. The first-order chi connectivity index (χ1) is 14.0. The summed E-state index contributed by atoms with van der Waals surface area (Å²) in [6.45, 7) is 4.78. The van der Waals surface area contributed by atoms with Crippen molar-refractivity contribution in [3.8, 4) is 5.75 Å². The largest absolute Gasteiger partial charge is 0.488 e. The van der Waals surface area contributed by atoms with Crippen LogP contribution in [0.5, 0.6) is 5.75 Å². The number of ether oxygens (including phenoxy) is 1. The van der Waals surface area contributed by atoms with Gasteiger partial charge >= 0.3 is 0 Å². The molecule has 0 spiro atoms. The van der Waals surface area contributed by atoms with Crippen molar-refractivity contribution in [3.63, 3.8) is 0 Å². The van der Waals surface area contributed by atoms with Gasteiger partial charge in [-0.25, -0.2) is 4.98 Å². The number of benzene rings is 1. The van der Waals surface area contributed by atoms with E-state index in [1.807, 2.05) is 30.1 Å². The van der Waals surface area contributed by atoms with Crippen LogP contribution in [0.1, 0.15) is 0 Å². The minimum atomic E-state index is -3.91. The van der Waals surface area contributed by atoms with Crippen LogP contribution in [0.3, 0.4) is 0 Å². The van der Waals surface area contributed by atoms with E-state index in [0.29, 0.717) is 30.2 Å². The lowest BCUT2D eigenvalue weighted by atomic mass is 10.2. The van der Waals surface area contributed by atoms with Gasteiger partial charge in [0.15, 0.2) is 11.6 Å². The summed E-state index contributed by atoms with van der Waals surface area (Å²) in [4.78, 5) is 8.56. The van der Waals surface area contributed by atoms with E-state index in [0.717, 1.165) is 41.3 Å². The molecule has 0 unspecified atom stereocenters. The zero-order chi connectivity index (χ0) is 20.0. The molecule has 5 rings (SSSR count). The molecule has 0 aliphatic carbocycles. The highest BCUT2D eigenvalue weighted by Gasteiger charge is 2.25. The van der Waals surface area contributed by atoms with Gasteiger partial charge in [-0.15, -0.1) is 0 Å². The Bertz CT molecular complexity index is 1170. The Morgan fingerprint density at radius 1 is 1.10 bits per heavy atom. The van der Waals surface area contributed by atoms with Crippen LogP contribution >= 0.6 is 0 Å². The number of rotatable bonds is 3. The first-order valence-corrected chi connectivity index (χ1v) is 11.0. The number of fused-ring (bicyclic) bond motifs is 2. The highest BCUT2D eigenvalue weighted by atomic mass is 32.2. The van der Waals surface area contributed by atoms with Crippen LogP contribution in [-0.2, 0) is 10.0 Å². The van der Waals surface area contributed by atoms with Crippen LogP contribution in [0.25, 0.3) is 10.9 Å². The van der Waals surface area contributed by atoms with Gasteiger partial charge in [0.2, 0.25) is 0 Å². The molecule has 1 fully saturated rings. The summed E-state index contributed by atoms with van der Waals surface area (Å²) >= 11 is 0. The first-order valence-electron chi connectivity index (χ1n) is 9.57. The summed E-state index contributed by atoms with van der Waals surface area (Å²) in [5.74, 6) is 1.11. The minimum Gasteiger partial charge on any atom is -0.488 e. The van der Waals surface area contributed by atoms with Crippen molar-refractivity contribution in [1.29, 1.82) is 0 Å². The standard InChI is InChI=1S/C19H22N6O3S/c1-23-8-9-28-18-11-16(13-21-19(18)23)29(26,27)25-17-10-15(3-2-14(17)12-22-25)24-6-4-20-5-7-24/h2-3,10-13,20H,4-9H2,1H3. The molecule has 10 heteroatoms. The fraction of sp³-hybridized carbons (Fsp3) is 0.368. The Morgan fingerprint density at radius 2 is 1.93 bits per heavy atom. The van der Waals surface area contributed by atoms with E-state index >= 15 is 0 Å². The van der Waals surface area contributed by atoms with E-state index < -0.39 is 10.0 Å². The third-order valence-electron chi connectivity index (χ3n) is 5.38. The van der Waals surface area contributed by atoms with Crippen molar-refractivity contribution in [2.24, 2.45) is 0 Å². The number of aromatic nitrogens is 3. The maximum absolute atomic E-state index is 13.3. The fourth-order valence-corrected chi connectivity index (χ4v) is 4.98. The number of nitrogens with one attached hydrogen (secondary N) is 1. The molecule has 4 heterocycles. The molecule has 2 aromatic heterocycles. The zero-order valence-corrected chi connectivity index (χ0v) is 16.9. The topological polar surface area (TPSA) is 92.6 Å². The molecule has 152 valence electrons. The maximum Gasteiger partial charge on any atom is 0.285 e. The first kappa shape index (κ1) is 18.2. The van der Waals surface area contributed by atoms with E-state index in [9.17, 15) is 8.42 Å². The third-order valence-corrected chi connectivity index (χ3v) is 6.95. The van der Waals surface area contributed by atoms with Crippen LogP contribution in [0, 0.1) is 0 Å². The van der Waals surface area contributed by atoms with Crippen molar-refractivity contribution in [3.05, 3.63) is 36.7 Å². The van der Waals surface area contributed by atoms with Crippen molar-refractivity contribution in [2.75, 3.05) is 56.2 Å². The lowest BCUT2D eigenvalue weighted by Crippen LogP contribution is -2.43. The molecule has 1 aromatic carbocycles. The summed E-state index contributed by atoms with van der Waals surface area (Å²) in [6, 6.07) is 7.34. The Hall–Kier alpha value is -2.85. The SMILES string of the molecule is CN1CCOc2cc(S(=O)(=O)n3ncc4ccc(N5CCNCC5)cc43)cnc21. The van der Waals surface area contributed by atoms with Crippen LogP contribution in [-0.4, -0.2) is 69.0 Å². The molecule has 2 aliphatic heterocycles. The Kier molecular flexibility index (Phi) is 4.32. The Labute approximate surface area is 168 Å². The predicted molar refractivity (Wildman–Crippen MR) is 110 cm³/mol. The van der Waals surface area contributed by atoms with E-state index in [1.165, 1.54) is 12.3 Å². The van der Waals surface area contributed by atoms with Crippen LogP contribution in [0.2, 0.25) is 0 Å². The number of hydrogen-bond acceptors (Lipinski definition) is 8. The second kappa shape index (κ2) is 6.89. The van der Waals surface area contributed by atoms with Gasteiger partial charge in [-0.05, 0) is 18.2 Å². The quantitative estimate of drug-likeness (QED) is 0.676. The van der Waals surface area contributed by atoms with Gasteiger partial charge in [-0.3, -0.25) is 0 Å². The van der Waals surface area contributed by atoms with Gasteiger partial charge in [0.25, 0.3) is 10.0 Å². The lowest BCUT2D eigenvalue weighted by molar-refractivity contribution is 0.308. The molecule has 0 amide bonds. The molecule has 29 heavy (non-hydrogen) atoms. The molecule has 1 saturated heterocycles. The Morgan fingerprint density at radius 3 is 2.76 bits per heavy atom. The summed E-state index contributed by atoms with van der Waals surface area (Å²) in [6.07, 6.45) is 2.94. The molecule has 3 aromatic rings. The number of nitrogens with zero attached hydrogens (tertiary/aromatic N) is 5. The molecule has 0 bridgehead atoms. The highest BCUT2D eigenvalue weighted by molar-refractivity contribution is 7.90. The molecule has 0 saturated carbocycles. The summed E-state index contributed by atoms with van der Waals surface area (Å²) in [5.41, 5.74) is 1.54. The number of hydrogen-bond donors (Lipinski definition) is 1. The van der Waals surface area contributed by atoms with Gasteiger partial charge < -0.3 is 19.9 Å². The van der Waals surface area contributed by atoms with E-state index in [4.69, 9.17) is 4.74 Å². The lowest BCUT2D eigenvalue weighted by Gasteiger charge is -2.29. The fourth-order valence-electron chi connectivity index (χ4n) is 3.75. The van der Waals surface area contributed by atoms with Crippen molar-refractivity contribution in [1.82, 2.24) is 19.5 Å². The van der Waals surface area contributed by atoms with Gasteiger partial charge in [0.05, 0.1) is 24.5 Å². The van der Waals surface area contributed by atoms with Gasteiger partial charge in [0, 0.05) is 50.4 Å². The molecular formula is C19H22N6O3S. The molecule has 0 atom stereocenters. The number of likely N-dealkylation sites (N-methyl/N-ethyl adjacent to an activating group) is 1. The highest BCUT2D eigenvalue weighted by Crippen LogP contribution is 2.32. The zero-order valence-electron chi connectivity index (χ0n) is 16.1. The summed E-state index contributed by atoms with van der Waals surface area (Å²) < 4.78 is 33.4. The summed E-state index contributed by atoms with van der Waals surface area (Å²) in [5, 5.41) is 8.27.